The van der Waals surface area contributed by atoms with Gasteiger partial charge in [0, 0.05) is 18.8 Å². The average Bonchev–Trinajstić information content (AvgIpc) is 2.70. The second-order valence-corrected chi connectivity index (χ2v) is 9.43. The van der Waals surface area contributed by atoms with Crippen LogP contribution in [0.4, 0.5) is 0 Å². The maximum absolute atomic E-state index is 13.0. The van der Waals surface area contributed by atoms with Gasteiger partial charge in [0.05, 0.1) is 24.2 Å². The molecule has 2 unspecified atom stereocenters. The number of ketones is 1. The van der Waals surface area contributed by atoms with Crippen LogP contribution < -0.4 is 0 Å². The monoisotopic (exact) mass is 428 g/mol. The minimum atomic E-state index is -0.967. The lowest BCUT2D eigenvalue weighted by molar-refractivity contribution is -0.270. The Kier molecular flexibility index (Phi) is 9.28. The van der Waals surface area contributed by atoms with Crippen molar-refractivity contribution in [1.29, 1.82) is 0 Å². The molecule has 2 aliphatic rings. The Bertz CT molecular complexity index is 568. The average molecular weight is 429 g/mol. The number of hydrogen-bond donors (Lipinski definition) is 2. The SMILES string of the molecule is CCC1OC(=O)[C@H](C)C(O[C@@H]2C[C@@H](O)[C@@H](O)[C@H](C)O2)[C@@H](C)C[C@@H](C)C(=O)CC[C@H]1C. The van der Waals surface area contributed by atoms with E-state index >= 15 is 0 Å². The first kappa shape index (κ1) is 25.2. The van der Waals surface area contributed by atoms with Crippen LogP contribution in [0.3, 0.4) is 0 Å². The van der Waals surface area contributed by atoms with Crippen LogP contribution in [0, 0.1) is 23.7 Å². The molecule has 30 heavy (non-hydrogen) atoms. The molecule has 0 amide bonds. The number of carbonyl (C=O) groups is 2. The van der Waals surface area contributed by atoms with Crippen LogP contribution in [0.15, 0.2) is 0 Å². The molecule has 0 aromatic rings. The smallest absolute Gasteiger partial charge is 0.311 e. The van der Waals surface area contributed by atoms with Crippen LogP contribution in [-0.2, 0) is 23.8 Å². The van der Waals surface area contributed by atoms with Crippen molar-refractivity contribution in [2.24, 2.45) is 23.7 Å². The van der Waals surface area contributed by atoms with Gasteiger partial charge in [-0.1, -0.05) is 27.7 Å². The summed E-state index contributed by atoms with van der Waals surface area (Å²) < 4.78 is 17.8. The first-order valence-corrected chi connectivity index (χ1v) is 11.4. The highest BCUT2D eigenvalue weighted by molar-refractivity contribution is 5.80. The number of esters is 1. The van der Waals surface area contributed by atoms with Crippen LogP contribution >= 0.6 is 0 Å². The van der Waals surface area contributed by atoms with Gasteiger partial charge in [0.15, 0.2) is 6.29 Å². The Labute approximate surface area is 180 Å². The topological polar surface area (TPSA) is 102 Å². The summed E-state index contributed by atoms with van der Waals surface area (Å²) in [5.41, 5.74) is 0. The Balaban J connectivity index is 2.23. The highest BCUT2D eigenvalue weighted by Crippen LogP contribution is 2.32. The molecule has 2 fully saturated rings. The fourth-order valence-electron chi connectivity index (χ4n) is 4.65. The van der Waals surface area contributed by atoms with Gasteiger partial charge < -0.3 is 24.4 Å². The molecule has 0 aromatic carbocycles. The van der Waals surface area contributed by atoms with Gasteiger partial charge in [0.2, 0.25) is 0 Å². The van der Waals surface area contributed by atoms with Crippen molar-refractivity contribution in [3.63, 3.8) is 0 Å². The van der Waals surface area contributed by atoms with Gasteiger partial charge in [-0.2, -0.15) is 0 Å². The van der Waals surface area contributed by atoms with E-state index in [0.29, 0.717) is 25.7 Å². The van der Waals surface area contributed by atoms with Gasteiger partial charge in [-0.3, -0.25) is 9.59 Å². The standard InChI is InChI=1S/C23H40O7/c1-7-19-12(2)8-9-17(24)13(3)10-14(4)22(15(5)23(27)29-19)30-20-11-18(25)21(26)16(6)28-20/h12-16,18-22,25-26H,7-11H2,1-6H3/t12-,13-,14+,15-,16+,18-,19?,20-,21+,22?/m1/s1. The van der Waals surface area contributed by atoms with Crippen LogP contribution in [0.2, 0.25) is 0 Å². The van der Waals surface area contributed by atoms with Gasteiger partial charge in [-0.25, -0.2) is 0 Å². The van der Waals surface area contributed by atoms with Gasteiger partial charge in [0.25, 0.3) is 0 Å². The van der Waals surface area contributed by atoms with Gasteiger partial charge in [-0.05, 0) is 44.9 Å². The van der Waals surface area contributed by atoms with Crippen molar-refractivity contribution in [2.75, 3.05) is 0 Å². The number of carbonyl (C=O) groups excluding carboxylic acids is 2. The summed E-state index contributed by atoms with van der Waals surface area (Å²) in [6.07, 6.45) is -1.38. The van der Waals surface area contributed by atoms with Crippen molar-refractivity contribution < 1.29 is 34.0 Å². The molecule has 0 aliphatic carbocycles. The third kappa shape index (κ3) is 6.25. The lowest BCUT2D eigenvalue weighted by atomic mass is 9.83. The summed E-state index contributed by atoms with van der Waals surface area (Å²) >= 11 is 0. The maximum Gasteiger partial charge on any atom is 0.311 e. The van der Waals surface area contributed by atoms with E-state index in [9.17, 15) is 19.8 Å². The van der Waals surface area contributed by atoms with Crippen molar-refractivity contribution in [2.45, 2.75) is 110 Å². The summed E-state index contributed by atoms with van der Waals surface area (Å²) in [4.78, 5) is 25.6. The minimum absolute atomic E-state index is 0.0914. The number of rotatable bonds is 3. The molecule has 0 bridgehead atoms. The quantitative estimate of drug-likeness (QED) is 0.666. The first-order valence-electron chi connectivity index (χ1n) is 11.4. The number of cyclic esters (lactones) is 1. The van der Waals surface area contributed by atoms with Crippen molar-refractivity contribution >= 4 is 11.8 Å². The third-order valence-corrected chi connectivity index (χ3v) is 6.84. The highest BCUT2D eigenvalue weighted by Gasteiger charge is 2.40. The molecule has 2 rings (SSSR count). The van der Waals surface area contributed by atoms with Gasteiger partial charge in [0.1, 0.15) is 18.0 Å². The fraction of sp³-hybridized carbons (Fsp3) is 0.913. The predicted molar refractivity (Wildman–Crippen MR) is 112 cm³/mol. The maximum atomic E-state index is 13.0. The molecular formula is C23H40O7. The van der Waals surface area contributed by atoms with Crippen molar-refractivity contribution in [3.05, 3.63) is 0 Å². The summed E-state index contributed by atoms with van der Waals surface area (Å²) in [6.45, 7) is 11.4. The molecule has 2 N–H and O–H groups in total. The largest absolute Gasteiger partial charge is 0.462 e. The summed E-state index contributed by atoms with van der Waals surface area (Å²) in [7, 11) is 0. The zero-order chi connectivity index (χ0) is 22.6. The molecule has 174 valence electrons. The molecule has 0 saturated carbocycles. The molecular weight excluding hydrogens is 388 g/mol. The van der Waals surface area contributed by atoms with E-state index in [1.807, 2.05) is 27.7 Å². The van der Waals surface area contributed by atoms with E-state index in [1.54, 1.807) is 13.8 Å². The van der Waals surface area contributed by atoms with Crippen LogP contribution in [0.1, 0.15) is 73.6 Å². The number of aliphatic hydroxyl groups excluding tert-OH is 2. The summed E-state index contributed by atoms with van der Waals surface area (Å²) in [6, 6.07) is 0. The number of ether oxygens (including phenoxy) is 3. The molecule has 0 radical (unpaired) electrons. The lowest BCUT2D eigenvalue weighted by Crippen LogP contribution is -2.50. The van der Waals surface area contributed by atoms with E-state index in [4.69, 9.17) is 14.2 Å². The predicted octanol–water partition coefficient (Wildman–Crippen LogP) is 2.85. The number of Topliss-reactive ketones (excluding diaryl/α,β-unsaturated/α-hetero) is 1. The van der Waals surface area contributed by atoms with Gasteiger partial charge in [-0.15, -0.1) is 0 Å². The molecule has 2 aliphatic heterocycles. The van der Waals surface area contributed by atoms with Crippen LogP contribution in [-0.4, -0.2) is 58.8 Å². The first-order chi connectivity index (χ1) is 14.0. The zero-order valence-corrected chi connectivity index (χ0v) is 19.2. The number of aliphatic hydroxyl groups is 2. The van der Waals surface area contributed by atoms with E-state index in [2.05, 4.69) is 0 Å². The van der Waals surface area contributed by atoms with Crippen molar-refractivity contribution in [3.8, 4) is 0 Å². The van der Waals surface area contributed by atoms with E-state index < -0.39 is 36.6 Å². The second kappa shape index (κ2) is 11.0. The van der Waals surface area contributed by atoms with E-state index in [-0.39, 0.29) is 42.0 Å². The molecule has 10 atom stereocenters. The highest BCUT2D eigenvalue weighted by atomic mass is 16.7. The molecule has 2 heterocycles. The molecule has 2 saturated heterocycles. The van der Waals surface area contributed by atoms with Crippen molar-refractivity contribution in [1.82, 2.24) is 0 Å². The minimum Gasteiger partial charge on any atom is -0.462 e. The Hall–Kier alpha value is -1.02. The molecule has 7 nitrogen and oxygen atoms in total. The molecule has 0 spiro atoms. The van der Waals surface area contributed by atoms with E-state index in [0.717, 1.165) is 0 Å². The number of hydrogen-bond acceptors (Lipinski definition) is 7. The normalized spacial score (nSPS) is 44.7. The molecule has 0 aromatic heterocycles. The Morgan fingerprint density at radius 2 is 1.70 bits per heavy atom. The lowest BCUT2D eigenvalue weighted by Gasteiger charge is -2.39. The Morgan fingerprint density at radius 1 is 1.03 bits per heavy atom. The van der Waals surface area contributed by atoms with Crippen LogP contribution in [0.25, 0.3) is 0 Å². The summed E-state index contributed by atoms with van der Waals surface area (Å²) in [5.74, 6) is -0.744. The molecule has 7 heteroatoms. The zero-order valence-electron chi connectivity index (χ0n) is 19.2. The Morgan fingerprint density at radius 3 is 2.30 bits per heavy atom. The third-order valence-electron chi connectivity index (χ3n) is 6.84. The van der Waals surface area contributed by atoms with Gasteiger partial charge >= 0.3 is 5.97 Å². The summed E-state index contributed by atoms with van der Waals surface area (Å²) in [5, 5.41) is 20.0. The fourth-order valence-corrected chi connectivity index (χ4v) is 4.65. The van der Waals surface area contributed by atoms with E-state index in [1.165, 1.54) is 0 Å². The van der Waals surface area contributed by atoms with Crippen LogP contribution in [0.5, 0.6) is 0 Å². The second-order valence-electron chi connectivity index (χ2n) is 9.43.